The molecule has 1 unspecified atom stereocenters. The van der Waals surface area contributed by atoms with Crippen LogP contribution < -0.4 is 0 Å². The van der Waals surface area contributed by atoms with Crippen LogP contribution in [0, 0.1) is 0 Å². The zero-order valence-corrected chi connectivity index (χ0v) is 7.33. The van der Waals surface area contributed by atoms with Crippen molar-refractivity contribution in [1.82, 2.24) is 0 Å². The average molecular weight is 182 g/mol. The molecule has 0 saturated carbocycles. The predicted molar refractivity (Wildman–Crippen MR) is 44.5 cm³/mol. The van der Waals surface area contributed by atoms with E-state index in [9.17, 15) is 9.59 Å². The van der Waals surface area contributed by atoms with Gasteiger partial charge in [-0.15, -0.1) is 0 Å². The minimum Gasteiger partial charge on any atom is -0.421 e. The maximum atomic E-state index is 11.0. The van der Waals surface area contributed by atoms with Gasteiger partial charge in [0.2, 0.25) is 0 Å². The van der Waals surface area contributed by atoms with Crippen LogP contribution >= 0.6 is 0 Å². The summed E-state index contributed by atoms with van der Waals surface area (Å²) < 4.78 is 9.45. The van der Waals surface area contributed by atoms with Crippen LogP contribution in [-0.4, -0.2) is 18.2 Å². The molecule has 1 heterocycles. The van der Waals surface area contributed by atoms with Gasteiger partial charge in [0.25, 0.3) is 6.29 Å². The molecule has 1 saturated heterocycles. The van der Waals surface area contributed by atoms with Gasteiger partial charge in [0, 0.05) is 11.1 Å². The second-order valence-corrected chi connectivity index (χ2v) is 2.84. The average Bonchev–Trinajstić information content (AvgIpc) is 2.30. The molecule has 0 bridgehead atoms. The molecule has 13 heavy (non-hydrogen) atoms. The van der Waals surface area contributed by atoms with E-state index >= 15 is 0 Å². The lowest BCUT2D eigenvalue weighted by atomic mass is 10.2. The van der Waals surface area contributed by atoms with Crippen LogP contribution in [0.1, 0.15) is 13.3 Å². The minimum absolute atomic E-state index is 0.105. The number of carbonyl (C=O) groups is 2. The van der Waals surface area contributed by atoms with Gasteiger partial charge in [-0.05, 0) is 6.92 Å². The molecule has 1 rings (SSSR count). The van der Waals surface area contributed by atoms with E-state index in [0.717, 1.165) is 0 Å². The summed E-state index contributed by atoms with van der Waals surface area (Å²) >= 11 is 0. The molecule has 0 aromatic rings. The first-order chi connectivity index (χ1) is 6.00. The topological polar surface area (TPSA) is 52.6 Å². The number of rotatable bonds is 2. The lowest BCUT2D eigenvalue weighted by molar-refractivity contribution is -0.169. The summed E-state index contributed by atoms with van der Waals surface area (Å²) in [4.78, 5) is 21.7. The molecule has 0 radical (unpaired) electrons. The quantitative estimate of drug-likeness (QED) is 0.362. The SMILES string of the molecule is C=C(C)C(=O)OC1OC(=O)CC1=C. The molecule has 4 heteroatoms. The molecule has 0 N–H and O–H groups in total. The number of cyclic esters (lactones) is 1. The third kappa shape index (κ3) is 2.18. The molecule has 4 nitrogen and oxygen atoms in total. The molecule has 70 valence electrons. The number of hydrogen-bond donors (Lipinski definition) is 0. The third-order valence-electron chi connectivity index (χ3n) is 1.51. The Kier molecular flexibility index (Phi) is 2.51. The highest BCUT2D eigenvalue weighted by atomic mass is 16.7. The Labute approximate surface area is 75.8 Å². The number of carbonyl (C=O) groups excluding carboxylic acids is 2. The maximum absolute atomic E-state index is 11.0. The second-order valence-electron chi connectivity index (χ2n) is 2.84. The first-order valence-corrected chi connectivity index (χ1v) is 3.74. The molecular formula is C9H10O4. The zero-order valence-electron chi connectivity index (χ0n) is 7.33. The van der Waals surface area contributed by atoms with Crippen molar-refractivity contribution in [1.29, 1.82) is 0 Å². The van der Waals surface area contributed by atoms with Crippen molar-refractivity contribution in [2.45, 2.75) is 19.6 Å². The first kappa shape index (κ1) is 9.51. The molecule has 1 atom stereocenters. The number of hydrogen-bond acceptors (Lipinski definition) is 4. The Balaban J connectivity index is 2.55. The van der Waals surface area contributed by atoms with E-state index in [1.807, 2.05) is 0 Å². The fraction of sp³-hybridized carbons (Fsp3) is 0.333. The van der Waals surface area contributed by atoms with Crippen molar-refractivity contribution in [3.05, 3.63) is 24.3 Å². The van der Waals surface area contributed by atoms with Crippen molar-refractivity contribution in [2.75, 3.05) is 0 Å². The Morgan fingerprint density at radius 3 is 2.69 bits per heavy atom. The lowest BCUT2D eigenvalue weighted by Crippen LogP contribution is -2.18. The molecule has 0 spiro atoms. The Morgan fingerprint density at radius 2 is 2.31 bits per heavy atom. The molecular weight excluding hydrogens is 172 g/mol. The van der Waals surface area contributed by atoms with Gasteiger partial charge in [0.1, 0.15) is 0 Å². The normalized spacial score (nSPS) is 21.2. The van der Waals surface area contributed by atoms with E-state index in [0.29, 0.717) is 5.57 Å². The highest BCUT2D eigenvalue weighted by molar-refractivity contribution is 5.87. The van der Waals surface area contributed by atoms with Crippen LogP contribution in [0.25, 0.3) is 0 Å². The van der Waals surface area contributed by atoms with Gasteiger partial charge in [0.15, 0.2) is 0 Å². The summed E-state index contributed by atoms with van der Waals surface area (Å²) in [6, 6.07) is 0. The van der Waals surface area contributed by atoms with Crippen molar-refractivity contribution < 1.29 is 19.1 Å². The minimum atomic E-state index is -0.934. The molecule has 1 aliphatic rings. The van der Waals surface area contributed by atoms with Crippen LogP contribution in [0.2, 0.25) is 0 Å². The largest absolute Gasteiger partial charge is 0.421 e. The van der Waals surface area contributed by atoms with Gasteiger partial charge in [0.05, 0.1) is 6.42 Å². The molecule has 0 aliphatic carbocycles. The van der Waals surface area contributed by atoms with Crippen LogP contribution in [0.4, 0.5) is 0 Å². The van der Waals surface area contributed by atoms with Gasteiger partial charge in [-0.2, -0.15) is 0 Å². The summed E-state index contributed by atoms with van der Waals surface area (Å²) in [5.74, 6) is -1.01. The van der Waals surface area contributed by atoms with Crippen LogP contribution in [0.15, 0.2) is 24.3 Å². The van der Waals surface area contributed by atoms with Crippen molar-refractivity contribution in [2.24, 2.45) is 0 Å². The van der Waals surface area contributed by atoms with E-state index in [1.54, 1.807) is 0 Å². The zero-order chi connectivity index (χ0) is 10.0. The highest BCUT2D eigenvalue weighted by Gasteiger charge is 2.30. The summed E-state index contributed by atoms with van der Waals surface area (Å²) in [5.41, 5.74) is 0.718. The number of esters is 2. The second kappa shape index (κ2) is 3.43. The summed E-state index contributed by atoms with van der Waals surface area (Å²) in [5, 5.41) is 0. The summed E-state index contributed by atoms with van der Waals surface area (Å²) in [7, 11) is 0. The van der Waals surface area contributed by atoms with Gasteiger partial charge < -0.3 is 9.47 Å². The van der Waals surface area contributed by atoms with Crippen LogP contribution in [0.5, 0.6) is 0 Å². The Bertz CT molecular complexity index is 290. The molecule has 0 aromatic carbocycles. The Hall–Kier alpha value is -1.58. The number of ether oxygens (including phenoxy) is 2. The summed E-state index contributed by atoms with van der Waals surface area (Å²) in [6.45, 7) is 8.46. The van der Waals surface area contributed by atoms with Gasteiger partial charge in [-0.1, -0.05) is 13.2 Å². The van der Waals surface area contributed by atoms with E-state index < -0.39 is 18.2 Å². The van der Waals surface area contributed by atoms with Gasteiger partial charge >= 0.3 is 11.9 Å². The van der Waals surface area contributed by atoms with Crippen LogP contribution in [0.3, 0.4) is 0 Å². The monoisotopic (exact) mass is 182 g/mol. The summed E-state index contributed by atoms with van der Waals surface area (Å²) in [6.07, 6.45) is -0.828. The molecule has 1 aliphatic heterocycles. The fourth-order valence-corrected chi connectivity index (χ4v) is 0.818. The standard InChI is InChI=1S/C9H10O4/c1-5(2)8(11)13-9-6(3)4-7(10)12-9/h9H,1,3-4H2,2H3. The van der Waals surface area contributed by atoms with E-state index in [1.165, 1.54) is 6.92 Å². The van der Waals surface area contributed by atoms with E-state index in [2.05, 4.69) is 17.9 Å². The van der Waals surface area contributed by atoms with Crippen molar-refractivity contribution in [3.8, 4) is 0 Å². The van der Waals surface area contributed by atoms with Gasteiger partial charge in [-0.25, -0.2) is 4.79 Å². The molecule has 0 aromatic heterocycles. The van der Waals surface area contributed by atoms with E-state index in [-0.39, 0.29) is 12.0 Å². The molecule has 1 fully saturated rings. The van der Waals surface area contributed by atoms with Gasteiger partial charge in [-0.3, -0.25) is 4.79 Å². The van der Waals surface area contributed by atoms with Crippen molar-refractivity contribution >= 4 is 11.9 Å². The van der Waals surface area contributed by atoms with Crippen LogP contribution in [-0.2, 0) is 19.1 Å². The predicted octanol–water partition coefficient (Wildman–Crippen LogP) is 0.935. The third-order valence-corrected chi connectivity index (χ3v) is 1.51. The first-order valence-electron chi connectivity index (χ1n) is 3.74. The van der Waals surface area contributed by atoms with E-state index in [4.69, 9.17) is 4.74 Å². The van der Waals surface area contributed by atoms with Crippen molar-refractivity contribution in [3.63, 3.8) is 0 Å². The lowest BCUT2D eigenvalue weighted by Gasteiger charge is -2.10. The fourth-order valence-electron chi connectivity index (χ4n) is 0.818. The Morgan fingerprint density at radius 1 is 1.69 bits per heavy atom. The maximum Gasteiger partial charge on any atom is 0.336 e. The molecule has 0 amide bonds. The highest BCUT2D eigenvalue weighted by Crippen LogP contribution is 2.20. The smallest absolute Gasteiger partial charge is 0.336 e.